The van der Waals surface area contributed by atoms with Gasteiger partial charge in [0.2, 0.25) is 5.91 Å². The second-order valence-electron chi connectivity index (χ2n) is 6.65. The number of amides is 2. The van der Waals surface area contributed by atoms with Crippen molar-refractivity contribution in [2.45, 2.75) is 25.9 Å². The number of rotatable bonds is 5. The second kappa shape index (κ2) is 8.77. The minimum Gasteiger partial charge on any atom is -0.375 e. The van der Waals surface area contributed by atoms with E-state index < -0.39 is 0 Å². The van der Waals surface area contributed by atoms with Gasteiger partial charge in [0, 0.05) is 30.8 Å². The average Bonchev–Trinajstić information content (AvgIpc) is 2.67. The van der Waals surface area contributed by atoms with E-state index in [9.17, 15) is 14.0 Å². The maximum Gasteiger partial charge on any atom is 0.254 e. The first-order valence-electron chi connectivity index (χ1n) is 9.07. The maximum atomic E-state index is 13.6. The molecule has 1 N–H and O–H groups in total. The van der Waals surface area contributed by atoms with Gasteiger partial charge in [0.1, 0.15) is 5.82 Å². The molecular weight excluding hydrogens is 347 g/mol. The fourth-order valence-corrected chi connectivity index (χ4v) is 3.05. The Hall–Kier alpha value is -2.73. The molecule has 142 valence electrons. The average molecular weight is 370 g/mol. The lowest BCUT2D eigenvalue weighted by Gasteiger charge is -2.31. The van der Waals surface area contributed by atoms with Crippen LogP contribution in [0.3, 0.4) is 0 Å². The zero-order chi connectivity index (χ0) is 19.2. The summed E-state index contributed by atoms with van der Waals surface area (Å²) in [4.78, 5) is 26.4. The van der Waals surface area contributed by atoms with Gasteiger partial charge in [-0.1, -0.05) is 18.2 Å². The van der Waals surface area contributed by atoms with Crippen LogP contribution in [0.5, 0.6) is 0 Å². The first-order valence-corrected chi connectivity index (χ1v) is 9.07. The van der Waals surface area contributed by atoms with Crippen molar-refractivity contribution in [3.8, 4) is 0 Å². The molecule has 0 saturated carbocycles. The van der Waals surface area contributed by atoms with E-state index in [1.165, 1.54) is 6.07 Å². The predicted molar refractivity (Wildman–Crippen MR) is 101 cm³/mol. The highest BCUT2D eigenvalue weighted by Crippen LogP contribution is 2.15. The van der Waals surface area contributed by atoms with Crippen molar-refractivity contribution in [1.82, 2.24) is 4.90 Å². The number of hydrogen-bond donors (Lipinski definition) is 1. The number of carbonyl (C=O) groups is 2. The van der Waals surface area contributed by atoms with Crippen molar-refractivity contribution in [3.05, 3.63) is 65.5 Å². The number of morpholine rings is 1. The van der Waals surface area contributed by atoms with Crippen LogP contribution in [-0.4, -0.2) is 42.5 Å². The molecule has 0 aromatic heterocycles. The van der Waals surface area contributed by atoms with Crippen LogP contribution < -0.4 is 5.32 Å². The highest BCUT2D eigenvalue weighted by atomic mass is 19.1. The molecule has 0 spiro atoms. The molecule has 1 fully saturated rings. The van der Waals surface area contributed by atoms with E-state index in [4.69, 9.17) is 4.74 Å². The van der Waals surface area contributed by atoms with E-state index in [1.54, 1.807) is 47.4 Å². The summed E-state index contributed by atoms with van der Waals surface area (Å²) < 4.78 is 19.0. The van der Waals surface area contributed by atoms with Crippen molar-refractivity contribution >= 4 is 17.5 Å². The number of nitrogens with zero attached hydrogens (tertiary/aromatic N) is 1. The zero-order valence-electron chi connectivity index (χ0n) is 15.3. The number of ether oxygens (including phenoxy) is 1. The number of carbonyl (C=O) groups excluding carboxylic acids is 2. The van der Waals surface area contributed by atoms with E-state index in [1.807, 2.05) is 6.92 Å². The third-order valence-electron chi connectivity index (χ3n) is 4.52. The standard InChI is InChI=1S/C21H23FN2O3/c1-15-14-24(12-13-27-15)21(26)17-6-9-18(10-7-17)23-20(25)11-8-16-4-2-3-5-19(16)22/h2-7,9-10,15H,8,11-14H2,1H3,(H,23,25). The minimum atomic E-state index is -0.300. The van der Waals surface area contributed by atoms with Crippen molar-refractivity contribution in [3.63, 3.8) is 0 Å². The van der Waals surface area contributed by atoms with Gasteiger partial charge < -0.3 is 15.0 Å². The largest absolute Gasteiger partial charge is 0.375 e. The molecule has 2 aromatic rings. The highest BCUT2D eigenvalue weighted by molar-refractivity contribution is 5.96. The molecule has 1 atom stereocenters. The van der Waals surface area contributed by atoms with Gasteiger partial charge in [-0.2, -0.15) is 0 Å². The predicted octanol–water partition coefficient (Wildman–Crippen LogP) is 3.26. The highest BCUT2D eigenvalue weighted by Gasteiger charge is 2.22. The number of halogens is 1. The van der Waals surface area contributed by atoms with Gasteiger partial charge in [-0.05, 0) is 49.2 Å². The molecule has 2 aromatic carbocycles. The van der Waals surface area contributed by atoms with E-state index in [0.29, 0.717) is 42.9 Å². The van der Waals surface area contributed by atoms with Crippen LogP contribution in [-0.2, 0) is 16.0 Å². The van der Waals surface area contributed by atoms with Crippen molar-refractivity contribution in [2.75, 3.05) is 25.0 Å². The molecule has 1 heterocycles. The van der Waals surface area contributed by atoms with Crippen LogP contribution in [0, 0.1) is 5.82 Å². The number of aryl methyl sites for hydroxylation is 1. The molecule has 27 heavy (non-hydrogen) atoms. The van der Waals surface area contributed by atoms with E-state index in [0.717, 1.165) is 0 Å². The molecule has 0 radical (unpaired) electrons. The number of benzene rings is 2. The lowest BCUT2D eigenvalue weighted by Crippen LogP contribution is -2.44. The fraction of sp³-hybridized carbons (Fsp3) is 0.333. The van der Waals surface area contributed by atoms with Gasteiger partial charge in [-0.3, -0.25) is 9.59 Å². The third-order valence-corrected chi connectivity index (χ3v) is 4.52. The van der Waals surface area contributed by atoms with Gasteiger partial charge >= 0.3 is 0 Å². The second-order valence-corrected chi connectivity index (χ2v) is 6.65. The van der Waals surface area contributed by atoms with Crippen LogP contribution in [0.2, 0.25) is 0 Å². The molecule has 6 heteroatoms. The SMILES string of the molecule is CC1CN(C(=O)c2ccc(NC(=O)CCc3ccccc3F)cc2)CCO1. The number of anilines is 1. The molecule has 1 unspecified atom stereocenters. The van der Waals surface area contributed by atoms with Gasteiger partial charge in [-0.25, -0.2) is 4.39 Å². The quantitative estimate of drug-likeness (QED) is 0.879. The Labute approximate surface area is 158 Å². The first-order chi connectivity index (χ1) is 13.0. The summed E-state index contributed by atoms with van der Waals surface area (Å²) in [5.74, 6) is -0.535. The Morgan fingerprint density at radius 3 is 2.63 bits per heavy atom. The molecule has 0 bridgehead atoms. The lowest BCUT2D eigenvalue weighted by molar-refractivity contribution is -0.116. The Morgan fingerprint density at radius 2 is 1.93 bits per heavy atom. The zero-order valence-corrected chi connectivity index (χ0v) is 15.3. The fourth-order valence-electron chi connectivity index (χ4n) is 3.05. The normalized spacial score (nSPS) is 16.8. The number of nitrogens with one attached hydrogen (secondary N) is 1. The Balaban J connectivity index is 1.53. The lowest BCUT2D eigenvalue weighted by atomic mass is 10.1. The summed E-state index contributed by atoms with van der Waals surface area (Å²) in [6, 6.07) is 13.3. The van der Waals surface area contributed by atoms with Crippen LogP contribution >= 0.6 is 0 Å². The molecule has 5 nitrogen and oxygen atoms in total. The van der Waals surface area contributed by atoms with Crippen LogP contribution in [0.1, 0.15) is 29.3 Å². The molecular formula is C21H23FN2O3. The molecule has 1 saturated heterocycles. The monoisotopic (exact) mass is 370 g/mol. The maximum absolute atomic E-state index is 13.6. The van der Waals surface area contributed by atoms with E-state index in [2.05, 4.69) is 5.32 Å². The summed E-state index contributed by atoms with van der Waals surface area (Å²) >= 11 is 0. The number of hydrogen-bond acceptors (Lipinski definition) is 3. The molecule has 2 amide bonds. The van der Waals surface area contributed by atoms with Gasteiger partial charge in [0.15, 0.2) is 0 Å². The van der Waals surface area contributed by atoms with Gasteiger partial charge in [-0.15, -0.1) is 0 Å². The Bertz CT molecular complexity index is 807. The van der Waals surface area contributed by atoms with Gasteiger partial charge in [0.25, 0.3) is 5.91 Å². The summed E-state index contributed by atoms with van der Waals surface area (Å²) in [6.45, 7) is 3.65. The molecule has 1 aliphatic heterocycles. The van der Waals surface area contributed by atoms with E-state index >= 15 is 0 Å². The molecule has 1 aliphatic rings. The summed E-state index contributed by atoms with van der Waals surface area (Å²) in [6.07, 6.45) is 0.563. The summed E-state index contributed by atoms with van der Waals surface area (Å²) in [5.41, 5.74) is 1.71. The summed E-state index contributed by atoms with van der Waals surface area (Å²) in [7, 11) is 0. The van der Waals surface area contributed by atoms with Crippen LogP contribution in [0.4, 0.5) is 10.1 Å². The van der Waals surface area contributed by atoms with Crippen LogP contribution in [0.15, 0.2) is 48.5 Å². The van der Waals surface area contributed by atoms with Crippen molar-refractivity contribution in [2.24, 2.45) is 0 Å². The van der Waals surface area contributed by atoms with Crippen molar-refractivity contribution < 1.29 is 18.7 Å². The molecule has 0 aliphatic carbocycles. The minimum absolute atomic E-state index is 0.0377. The van der Waals surface area contributed by atoms with E-state index in [-0.39, 0.29) is 30.2 Å². The van der Waals surface area contributed by atoms with Crippen molar-refractivity contribution in [1.29, 1.82) is 0 Å². The summed E-state index contributed by atoms with van der Waals surface area (Å²) in [5, 5.41) is 2.78. The Kier molecular flexibility index (Phi) is 6.19. The van der Waals surface area contributed by atoms with Crippen LogP contribution in [0.25, 0.3) is 0 Å². The Morgan fingerprint density at radius 1 is 1.19 bits per heavy atom. The molecule has 3 rings (SSSR count). The van der Waals surface area contributed by atoms with Gasteiger partial charge in [0.05, 0.1) is 12.7 Å². The third kappa shape index (κ3) is 5.14. The first kappa shape index (κ1) is 19.0. The topological polar surface area (TPSA) is 58.6 Å². The smallest absolute Gasteiger partial charge is 0.254 e.